The summed E-state index contributed by atoms with van der Waals surface area (Å²) in [7, 11) is 2.07. The molecule has 0 atom stereocenters. The molecule has 116 valence electrons. The maximum Gasteiger partial charge on any atom is 0.193 e. The van der Waals surface area contributed by atoms with Gasteiger partial charge in [-0.1, -0.05) is 36.4 Å². The van der Waals surface area contributed by atoms with Crippen LogP contribution in [0, 0.1) is 0 Å². The molecule has 0 aliphatic heterocycles. The number of hydrogen-bond acceptors (Lipinski definition) is 2. The van der Waals surface area contributed by atoms with Crippen LogP contribution in [-0.2, 0) is 13.0 Å². The molecule has 22 heavy (non-hydrogen) atoms. The van der Waals surface area contributed by atoms with E-state index in [9.17, 15) is 0 Å². The van der Waals surface area contributed by atoms with Gasteiger partial charge in [0.1, 0.15) is 0 Å². The van der Waals surface area contributed by atoms with Gasteiger partial charge in [0.15, 0.2) is 5.96 Å². The fraction of sp³-hybridized carbons (Fsp3) is 0.333. The summed E-state index contributed by atoms with van der Waals surface area (Å²) in [5.74, 6) is 0.940. The Morgan fingerprint density at radius 1 is 1.14 bits per heavy atom. The van der Waals surface area contributed by atoms with Gasteiger partial charge in [-0.15, -0.1) is 0 Å². The average Bonchev–Trinajstić information content (AvgIpc) is 2.56. The molecule has 2 rings (SSSR count). The molecule has 0 radical (unpaired) electrons. The van der Waals surface area contributed by atoms with E-state index in [2.05, 4.69) is 59.5 Å². The van der Waals surface area contributed by atoms with Crippen molar-refractivity contribution in [2.24, 2.45) is 4.99 Å². The van der Waals surface area contributed by atoms with Gasteiger partial charge in [0.25, 0.3) is 0 Å². The Labute approximate surface area is 132 Å². The molecule has 0 saturated heterocycles. The first-order valence-electron chi connectivity index (χ1n) is 7.72. The van der Waals surface area contributed by atoms with E-state index in [0.717, 1.165) is 32.0 Å². The Kier molecular flexibility index (Phi) is 6.42. The third-order valence-corrected chi connectivity index (χ3v) is 3.34. The lowest BCUT2D eigenvalue weighted by Crippen LogP contribution is -2.38. The lowest BCUT2D eigenvalue weighted by Gasteiger charge is -2.22. The number of hydrogen-bond donors (Lipinski definition) is 1. The highest BCUT2D eigenvalue weighted by molar-refractivity contribution is 5.79. The maximum absolute atomic E-state index is 4.71. The summed E-state index contributed by atoms with van der Waals surface area (Å²) < 4.78 is 0. The van der Waals surface area contributed by atoms with Crippen molar-refractivity contribution in [3.05, 3.63) is 66.0 Å². The first-order chi connectivity index (χ1) is 10.8. The monoisotopic (exact) mass is 296 g/mol. The van der Waals surface area contributed by atoms with Crippen molar-refractivity contribution in [2.75, 3.05) is 20.1 Å². The second-order valence-electron chi connectivity index (χ2n) is 5.19. The fourth-order valence-electron chi connectivity index (χ4n) is 2.24. The van der Waals surface area contributed by atoms with Crippen molar-refractivity contribution in [3.63, 3.8) is 0 Å². The summed E-state index contributed by atoms with van der Waals surface area (Å²) in [5.41, 5.74) is 2.50. The van der Waals surface area contributed by atoms with Crippen molar-refractivity contribution >= 4 is 5.96 Å². The average molecular weight is 296 g/mol. The minimum absolute atomic E-state index is 0.757. The highest BCUT2D eigenvalue weighted by Gasteiger charge is 2.05. The summed E-state index contributed by atoms with van der Waals surface area (Å²) in [5, 5.41) is 3.35. The smallest absolute Gasteiger partial charge is 0.193 e. The third kappa shape index (κ3) is 5.20. The summed E-state index contributed by atoms with van der Waals surface area (Å²) in [6.45, 7) is 4.56. The minimum Gasteiger partial charge on any atom is -0.357 e. The molecule has 1 N–H and O–H groups in total. The molecule has 4 heteroatoms. The van der Waals surface area contributed by atoms with Crippen LogP contribution in [0.25, 0.3) is 0 Å². The SMILES string of the molecule is CCNC(=NCCc1cccnc1)N(C)Cc1ccccc1. The van der Waals surface area contributed by atoms with Crippen LogP contribution < -0.4 is 5.32 Å². The zero-order chi connectivity index (χ0) is 15.6. The molecule has 0 bridgehead atoms. The Hall–Kier alpha value is -2.36. The van der Waals surface area contributed by atoms with Gasteiger partial charge in [0.2, 0.25) is 0 Å². The largest absolute Gasteiger partial charge is 0.357 e. The van der Waals surface area contributed by atoms with Crippen molar-refractivity contribution in [1.82, 2.24) is 15.2 Å². The first kappa shape index (κ1) is 16.0. The summed E-state index contributed by atoms with van der Waals surface area (Å²) in [6, 6.07) is 14.5. The predicted octanol–water partition coefficient (Wildman–Crippen LogP) is 2.72. The molecule has 1 aromatic heterocycles. The van der Waals surface area contributed by atoms with Crippen LogP contribution >= 0.6 is 0 Å². The molecule has 0 aliphatic rings. The molecule has 0 amide bonds. The minimum atomic E-state index is 0.757. The molecule has 0 fully saturated rings. The molecule has 2 aromatic rings. The maximum atomic E-state index is 4.71. The number of guanidine groups is 1. The number of nitrogens with zero attached hydrogens (tertiary/aromatic N) is 3. The Morgan fingerprint density at radius 2 is 1.91 bits per heavy atom. The van der Waals surface area contributed by atoms with E-state index >= 15 is 0 Å². The van der Waals surface area contributed by atoms with Crippen LogP contribution in [-0.4, -0.2) is 36.0 Å². The van der Waals surface area contributed by atoms with Gasteiger partial charge in [0, 0.05) is 39.1 Å². The van der Waals surface area contributed by atoms with Gasteiger partial charge in [-0.2, -0.15) is 0 Å². The van der Waals surface area contributed by atoms with E-state index < -0.39 is 0 Å². The highest BCUT2D eigenvalue weighted by atomic mass is 15.3. The van der Waals surface area contributed by atoms with Crippen LogP contribution in [0.1, 0.15) is 18.1 Å². The molecule has 1 aromatic carbocycles. The van der Waals surface area contributed by atoms with Crippen LogP contribution in [0.4, 0.5) is 0 Å². The number of aliphatic imine (C=N–C) groups is 1. The summed E-state index contributed by atoms with van der Waals surface area (Å²) in [6.07, 6.45) is 4.60. The highest BCUT2D eigenvalue weighted by Crippen LogP contribution is 2.03. The second kappa shape index (κ2) is 8.82. The third-order valence-electron chi connectivity index (χ3n) is 3.34. The topological polar surface area (TPSA) is 40.5 Å². The van der Waals surface area contributed by atoms with Gasteiger partial charge < -0.3 is 10.2 Å². The lowest BCUT2D eigenvalue weighted by atomic mass is 10.2. The van der Waals surface area contributed by atoms with Crippen molar-refractivity contribution < 1.29 is 0 Å². The molecular weight excluding hydrogens is 272 g/mol. The molecule has 0 aliphatic carbocycles. The zero-order valence-electron chi connectivity index (χ0n) is 13.4. The van der Waals surface area contributed by atoms with Crippen LogP contribution in [0.3, 0.4) is 0 Å². The van der Waals surface area contributed by atoms with Crippen LogP contribution in [0.15, 0.2) is 59.9 Å². The van der Waals surface area contributed by atoms with E-state index in [1.54, 1.807) is 6.20 Å². The number of rotatable bonds is 6. The van der Waals surface area contributed by atoms with Gasteiger partial charge in [-0.05, 0) is 30.5 Å². The molecule has 0 saturated carbocycles. The van der Waals surface area contributed by atoms with E-state index in [4.69, 9.17) is 4.99 Å². The van der Waals surface area contributed by atoms with Gasteiger partial charge in [0.05, 0.1) is 0 Å². The number of pyridine rings is 1. The Bertz CT molecular complexity index is 566. The zero-order valence-corrected chi connectivity index (χ0v) is 13.4. The van der Waals surface area contributed by atoms with E-state index in [1.807, 2.05) is 18.3 Å². The second-order valence-corrected chi connectivity index (χ2v) is 5.19. The predicted molar refractivity (Wildman–Crippen MR) is 91.8 cm³/mol. The van der Waals surface area contributed by atoms with Crippen LogP contribution in [0.2, 0.25) is 0 Å². The van der Waals surface area contributed by atoms with Crippen molar-refractivity contribution in [2.45, 2.75) is 19.9 Å². The number of aromatic nitrogens is 1. The number of benzene rings is 1. The number of nitrogens with one attached hydrogen (secondary N) is 1. The van der Waals surface area contributed by atoms with Crippen molar-refractivity contribution in [3.8, 4) is 0 Å². The van der Waals surface area contributed by atoms with Gasteiger partial charge in [-0.25, -0.2) is 0 Å². The fourth-order valence-corrected chi connectivity index (χ4v) is 2.24. The van der Waals surface area contributed by atoms with Gasteiger partial charge in [-0.3, -0.25) is 9.98 Å². The molecular formula is C18H24N4. The van der Waals surface area contributed by atoms with Crippen LogP contribution in [0.5, 0.6) is 0 Å². The Balaban J connectivity index is 1.94. The first-order valence-corrected chi connectivity index (χ1v) is 7.72. The lowest BCUT2D eigenvalue weighted by molar-refractivity contribution is 0.477. The van der Waals surface area contributed by atoms with E-state index in [-0.39, 0.29) is 0 Å². The van der Waals surface area contributed by atoms with Crippen molar-refractivity contribution in [1.29, 1.82) is 0 Å². The van der Waals surface area contributed by atoms with E-state index in [0.29, 0.717) is 0 Å². The molecule has 0 spiro atoms. The van der Waals surface area contributed by atoms with Gasteiger partial charge >= 0.3 is 0 Å². The molecule has 4 nitrogen and oxygen atoms in total. The summed E-state index contributed by atoms with van der Waals surface area (Å²) >= 11 is 0. The molecule has 1 heterocycles. The molecule has 0 unspecified atom stereocenters. The summed E-state index contributed by atoms with van der Waals surface area (Å²) in [4.78, 5) is 11.0. The standard InChI is InChI=1S/C18H24N4/c1-3-20-18(21-13-11-16-10-7-12-19-14-16)22(2)15-17-8-5-4-6-9-17/h4-10,12,14H,3,11,13,15H2,1-2H3,(H,20,21). The quantitative estimate of drug-likeness (QED) is 0.658. The normalized spacial score (nSPS) is 11.3. The Morgan fingerprint density at radius 3 is 2.59 bits per heavy atom. The van der Waals surface area contributed by atoms with E-state index in [1.165, 1.54) is 11.1 Å².